The van der Waals surface area contributed by atoms with Crippen molar-refractivity contribution >= 4 is 28.9 Å². The third-order valence-electron chi connectivity index (χ3n) is 6.68. The van der Waals surface area contributed by atoms with Gasteiger partial charge in [0, 0.05) is 20.1 Å². The fraction of sp³-hybridized carbons (Fsp3) is 0.556. The topological polar surface area (TPSA) is 149 Å². The van der Waals surface area contributed by atoms with E-state index in [1.54, 1.807) is 20.2 Å². The van der Waals surface area contributed by atoms with E-state index in [1.165, 1.54) is 21.7 Å². The van der Waals surface area contributed by atoms with Gasteiger partial charge in [0.2, 0.25) is 5.91 Å². The number of benzene rings is 1. The van der Waals surface area contributed by atoms with E-state index in [4.69, 9.17) is 0 Å². The monoisotopic (exact) mass is 528 g/mol. The molecule has 1 heterocycles. The molecule has 1 saturated carbocycles. The minimum atomic E-state index is -0.806. The number of rotatable bonds is 9. The molecule has 1 atom stereocenters. The number of carbonyl (C=O) groups excluding carboxylic acids is 2. The first-order valence-electron chi connectivity index (χ1n) is 13.2. The van der Waals surface area contributed by atoms with Crippen molar-refractivity contribution in [3.63, 3.8) is 0 Å². The maximum atomic E-state index is 13.8. The number of nitrogens with one attached hydrogen (secondary N) is 4. The molecular weight excluding hydrogens is 488 g/mol. The summed E-state index contributed by atoms with van der Waals surface area (Å²) in [5, 5.41) is 22.4. The molecule has 0 spiro atoms. The summed E-state index contributed by atoms with van der Waals surface area (Å²) in [5.74, 6) is -1.28. The predicted octanol–water partition coefficient (Wildman–Crippen LogP) is 3.15. The molecule has 5 N–H and O–H groups in total. The SMILES string of the molecule is CC(C)NC(=O)[C@H](Nc1c(Nc2cccc(C(=O)N(C)C)c2O)c(=O)n(C2CCCCC2)[nH]c1=O)C(C)C. The van der Waals surface area contributed by atoms with Crippen molar-refractivity contribution in [3.05, 3.63) is 44.5 Å². The smallest absolute Gasteiger partial charge is 0.291 e. The van der Waals surface area contributed by atoms with E-state index in [9.17, 15) is 24.3 Å². The number of aromatic hydroxyl groups is 1. The number of hydrogen-bond donors (Lipinski definition) is 5. The molecule has 38 heavy (non-hydrogen) atoms. The van der Waals surface area contributed by atoms with Gasteiger partial charge in [0.05, 0.1) is 17.3 Å². The number of anilines is 3. The summed E-state index contributed by atoms with van der Waals surface area (Å²) in [6.45, 7) is 7.35. The van der Waals surface area contributed by atoms with Gasteiger partial charge in [-0.1, -0.05) is 39.2 Å². The van der Waals surface area contributed by atoms with Crippen LogP contribution in [0, 0.1) is 5.92 Å². The average Bonchev–Trinajstić information content (AvgIpc) is 2.86. The van der Waals surface area contributed by atoms with Crippen molar-refractivity contribution in [1.82, 2.24) is 20.0 Å². The van der Waals surface area contributed by atoms with Crippen LogP contribution in [0.1, 0.15) is 76.2 Å². The molecule has 0 unspecified atom stereocenters. The highest BCUT2D eigenvalue weighted by Gasteiger charge is 2.28. The molecular formula is C27H40N6O5. The summed E-state index contributed by atoms with van der Waals surface area (Å²) in [6, 6.07) is 3.48. The van der Waals surface area contributed by atoms with Crippen LogP contribution in [0.25, 0.3) is 0 Å². The second kappa shape index (κ2) is 12.2. The summed E-state index contributed by atoms with van der Waals surface area (Å²) in [4.78, 5) is 54.1. The Kier molecular flexibility index (Phi) is 9.24. The van der Waals surface area contributed by atoms with Crippen LogP contribution in [0.2, 0.25) is 0 Å². The number of aromatic amines is 1. The lowest BCUT2D eigenvalue weighted by molar-refractivity contribution is -0.123. The van der Waals surface area contributed by atoms with Gasteiger partial charge in [0.1, 0.15) is 17.4 Å². The predicted molar refractivity (Wildman–Crippen MR) is 148 cm³/mol. The number of hydrogen-bond acceptors (Lipinski definition) is 7. The van der Waals surface area contributed by atoms with Crippen molar-refractivity contribution in [2.24, 2.45) is 5.92 Å². The first-order valence-corrected chi connectivity index (χ1v) is 13.2. The molecule has 2 aromatic rings. The zero-order valence-corrected chi connectivity index (χ0v) is 23.1. The maximum absolute atomic E-state index is 13.8. The lowest BCUT2D eigenvalue weighted by Crippen LogP contribution is -2.47. The third kappa shape index (κ3) is 6.38. The molecule has 0 radical (unpaired) electrons. The largest absolute Gasteiger partial charge is 0.505 e. The van der Waals surface area contributed by atoms with E-state index >= 15 is 0 Å². The second-order valence-corrected chi connectivity index (χ2v) is 10.7. The van der Waals surface area contributed by atoms with Gasteiger partial charge in [-0.3, -0.25) is 24.3 Å². The Morgan fingerprint density at radius 2 is 1.71 bits per heavy atom. The highest BCUT2D eigenvalue weighted by Crippen LogP contribution is 2.32. The molecule has 2 amide bonds. The van der Waals surface area contributed by atoms with Gasteiger partial charge in [0.25, 0.3) is 17.0 Å². The van der Waals surface area contributed by atoms with Gasteiger partial charge in [-0.25, -0.2) is 4.68 Å². The average molecular weight is 529 g/mol. The van der Waals surface area contributed by atoms with E-state index in [0.717, 1.165) is 32.1 Å². The van der Waals surface area contributed by atoms with Crippen LogP contribution < -0.4 is 27.1 Å². The van der Waals surface area contributed by atoms with Gasteiger partial charge < -0.3 is 26.0 Å². The number of phenols is 1. The Labute approximate surface area is 222 Å². The first kappa shape index (κ1) is 28.8. The number of carbonyl (C=O) groups is 2. The summed E-state index contributed by atoms with van der Waals surface area (Å²) >= 11 is 0. The molecule has 1 aliphatic rings. The third-order valence-corrected chi connectivity index (χ3v) is 6.68. The molecule has 1 aliphatic carbocycles. The molecule has 0 aliphatic heterocycles. The number of amides is 2. The van der Waals surface area contributed by atoms with Crippen molar-refractivity contribution in [2.45, 2.75) is 77.9 Å². The van der Waals surface area contributed by atoms with Gasteiger partial charge in [-0.2, -0.15) is 0 Å². The number of H-pyrrole nitrogens is 1. The minimum absolute atomic E-state index is 0.0447. The fourth-order valence-corrected chi connectivity index (χ4v) is 4.66. The normalized spacial score (nSPS) is 14.8. The standard InChI is InChI=1S/C27H40N6O5/c1-15(2)20(24(35)28-16(3)4)30-21-22(27(38)33(31-25(21)36)17-11-8-7-9-12-17)29-19-14-10-13-18(23(19)34)26(37)32(5)6/h10,13-17,20,29-30,34H,7-9,11-12H2,1-6H3,(H,28,35)(H,31,36)/t20-/m1/s1. The Morgan fingerprint density at radius 3 is 2.29 bits per heavy atom. The van der Waals surface area contributed by atoms with E-state index in [2.05, 4.69) is 21.0 Å². The van der Waals surface area contributed by atoms with Crippen molar-refractivity contribution in [3.8, 4) is 5.75 Å². The highest BCUT2D eigenvalue weighted by atomic mass is 16.3. The second-order valence-electron chi connectivity index (χ2n) is 10.7. The van der Waals surface area contributed by atoms with Gasteiger partial charge >= 0.3 is 0 Å². The minimum Gasteiger partial charge on any atom is -0.505 e. The Morgan fingerprint density at radius 1 is 1.05 bits per heavy atom. The zero-order chi connectivity index (χ0) is 28.1. The number of para-hydroxylation sites is 1. The number of nitrogens with zero attached hydrogens (tertiary/aromatic N) is 2. The summed E-state index contributed by atoms with van der Waals surface area (Å²) in [5.41, 5.74) is -1.14. The lowest BCUT2D eigenvalue weighted by Gasteiger charge is -2.27. The molecule has 1 aromatic carbocycles. The van der Waals surface area contributed by atoms with Gasteiger partial charge in [-0.15, -0.1) is 0 Å². The number of aromatic nitrogens is 2. The van der Waals surface area contributed by atoms with Crippen LogP contribution >= 0.6 is 0 Å². The molecule has 11 heteroatoms. The quantitative estimate of drug-likeness (QED) is 0.314. The fourth-order valence-electron chi connectivity index (χ4n) is 4.66. The Hall–Kier alpha value is -3.76. The van der Waals surface area contributed by atoms with Crippen LogP contribution in [0.15, 0.2) is 27.8 Å². The lowest BCUT2D eigenvalue weighted by atomic mass is 9.95. The molecule has 0 saturated heterocycles. The van der Waals surface area contributed by atoms with Crippen molar-refractivity contribution in [1.29, 1.82) is 0 Å². The Balaban J connectivity index is 2.16. The van der Waals surface area contributed by atoms with Gasteiger partial charge in [0.15, 0.2) is 5.75 Å². The summed E-state index contributed by atoms with van der Waals surface area (Å²) < 4.78 is 1.35. The number of phenolic OH excluding ortho intramolecular Hbond substituents is 1. The van der Waals surface area contributed by atoms with Gasteiger partial charge in [-0.05, 0) is 44.7 Å². The van der Waals surface area contributed by atoms with E-state index < -0.39 is 23.1 Å². The highest BCUT2D eigenvalue weighted by molar-refractivity contribution is 5.99. The van der Waals surface area contributed by atoms with Crippen molar-refractivity contribution in [2.75, 3.05) is 24.7 Å². The molecule has 1 aromatic heterocycles. The molecule has 3 rings (SSSR count). The maximum Gasteiger partial charge on any atom is 0.291 e. The molecule has 1 fully saturated rings. The van der Waals surface area contributed by atoms with Crippen LogP contribution in [0.4, 0.5) is 17.1 Å². The summed E-state index contributed by atoms with van der Waals surface area (Å²) in [6.07, 6.45) is 4.48. The molecule has 208 valence electrons. The van der Waals surface area contributed by atoms with Crippen molar-refractivity contribution < 1.29 is 14.7 Å². The van der Waals surface area contributed by atoms with Crippen LogP contribution in [-0.2, 0) is 4.79 Å². The van der Waals surface area contributed by atoms with E-state index in [-0.39, 0.29) is 52.3 Å². The van der Waals surface area contributed by atoms with E-state index in [1.807, 2.05) is 27.7 Å². The summed E-state index contributed by atoms with van der Waals surface area (Å²) in [7, 11) is 3.13. The van der Waals surface area contributed by atoms with Crippen LogP contribution in [0.3, 0.4) is 0 Å². The molecule has 0 bridgehead atoms. The molecule has 11 nitrogen and oxygen atoms in total. The first-order chi connectivity index (χ1) is 17.9. The van der Waals surface area contributed by atoms with Crippen LogP contribution in [-0.4, -0.2) is 57.8 Å². The van der Waals surface area contributed by atoms with E-state index in [0.29, 0.717) is 0 Å². The van der Waals surface area contributed by atoms with Crippen LogP contribution in [0.5, 0.6) is 5.75 Å². The zero-order valence-electron chi connectivity index (χ0n) is 23.1. The Bertz CT molecular complexity index is 1270.